The molecule has 1 aliphatic rings. The zero-order valence-corrected chi connectivity index (χ0v) is 14.8. The fraction of sp³-hybridized carbons (Fsp3) is 0.875. The molecule has 0 aromatic carbocycles. The second kappa shape index (κ2) is 7.31. The van der Waals surface area contributed by atoms with Crippen LogP contribution in [0.4, 0.5) is 4.79 Å². The third kappa shape index (κ3) is 5.16. The molecule has 1 heterocycles. The predicted octanol–water partition coefficient (Wildman–Crippen LogP) is 1.83. The molecule has 0 aliphatic carbocycles. The van der Waals surface area contributed by atoms with Crippen molar-refractivity contribution in [3.8, 4) is 0 Å². The van der Waals surface area contributed by atoms with Crippen molar-refractivity contribution in [3.63, 3.8) is 0 Å². The van der Waals surface area contributed by atoms with Crippen LogP contribution in [0.2, 0.25) is 0 Å². The molecule has 2 N–H and O–H groups in total. The van der Waals surface area contributed by atoms with Gasteiger partial charge >= 0.3 is 6.09 Å². The molecule has 0 spiro atoms. The van der Waals surface area contributed by atoms with E-state index in [4.69, 9.17) is 10.5 Å². The smallest absolute Gasteiger partial charge is 0.410 e. The summed E-state index contributed by atoms with van der Waals surface area (Å²) in [6, 6.07) is -0.329. The molecule has 1 unspecified atom stereocenters. The van der Waals surface area contributed by atoms with Gasteiger partial charge in [0.1, 0.15) is 5.60 Å². The summed E-state index contributed by atoms with van der Waals surface area (Å²) < 4.78 is 5.38. The van der Waals surface area contributed by atoms with Gasteiger partial charge in [0.05, 0.1) is 6.04 Å². The summed E-state index contributed by atoms with van der Waals surface area (Å²) in [6.07, 6.45) is 1.23. The van der Waals surface area contributed by atoms with Crippen LogP contribution in [0.3, 0.4) is 0 Å². The third-order valence-corrected chi connectivity index (χ3v) is 4.01. The molecule has 1 fully saturated rings. The Labute approximate surface area is 134 Å². The lowest BCUT2D eigenvalue weighted by Crippen LogP contribution is -2.52. The number of ether oxygens (including phenoxy) is 1. The van der Waals surface area contributed by atoms with Gasteiger partial charge in [-0.2, -0.15) is 0 Å². The lowest BCUT2D eigenvalue weighted by atomic mass is 10.00. The van der Waals surface area contributed by atoms with Crippen LogP contribution in [0.1, 0.15) is 47.5 Å². The summed E-state index contributed by atoms with van der Waals surface area (Å²) in [5, 5.41) is 0. The second-order valence-electron chi connectivity index (χ2n) is 7.42. The number of hydrogen-bond acceptors (Lipinski definition) is 4. The van der Waals surface area contributed by atoms with Gasteiger partial charge in [-0.05, 0) is 39.5 Å². The molecule has 0 bridgehead atoms. The Morgan fingerprint density at radius 1 is 1.23 bits per heavy atom. The quantitative estimate of drug-likeness (QED) is 0.862. The molecule has 0 aromatic rings. The molecule has 1 aliphatic heterocycles. The fourth-order valence-corrected chi connectivity index (χ4v) is 2.46. The largest absolute Gasteiger partial charge is 0.444 e. The van der Waals surface area contributed by atoms with Crippen molar-refractivity contribution in [2.75, 3.05) is 20.1 Å². The van der Waals surface area contributed by atoms with Gasteiger partial charge < -0.3 is 20.3 Å². The monoisotopic (exact) mass is 313 g/mol. The van der Waals surface area contributed by atoms with Gasteiger partial charge in [0.25, 0.3) is 0 Å². The number of rotatable bonds is 3. The highest BCUT2D eigenvalue weighted by molar-refractivity contribution is 5.82. The van der Waals surface area contributed by atoms with E-state index < -0.39 is 11.6 Å². The van der Waals surface area contributed by atoms with Gasteiger partial charge in [-0.15, -0.1) is 0 Å². The van der Waals surface area contributed by atoms with Gasteiger partial charge in [-0.25, -0.2) is 4.79 Å². The van der Waals surface area contributed by atoms with Crippen LogP contribution in [0, 0.1) is 5.92 Å². The molecule has 0 radical (unpaired) electrons. The van der Waals surface area contributed by atoms with Gasteiger partial charge in [0.2, 0.25) is 5.91 Å². The highest BCUT2D eigenvalue weighted by Gasteiger charge is 2.31. The summed E-state index contributed by atoms with van der Waals surface area (Å²) in [6.45, 7) is 10.7. The summed E-state index contributed by atoms with van der Waals surface area (Å²) in [7, 11) is 1.80. The van der Waals surface area contributed by atoms with Crippen molar-refractivity contribution in [2.24, 2.45) is 11.7 Å². The van der Waals surface area contributed by atoms with E-state index in [-0.39, 0.29) is 24.0 Å². The number of likely N-dealkylation sites (N-methyl/N-ethyl adjacent to an activating group) is 1. The van der Waals surface area contributed by atoms with E-state index in [1.165, 1.54) is 0 Å². The van der Waals surface area contributed by atoms with Crippen molar-refractivity contribution in [2.45, 2.75) is 65.1 Å². The number of nitrogens with two attached hydrogens (primary N) is 1. The Hall–Kier alpha value is -1.30. The molecular formula is C16H31N3O3. The zero-order chi connectivity index (χ0) is 17.1. The van der Waals surface area contributed by atoms with E-state index in [2.05, 4.69) is 0 Å². The molecule has 1 rings (SSSR count). The molecule has 0 aromatic heterocycles. The number of hydrogen-bond donors (Lipinski definition) is 1. The Kier molecular flexibility index (Phi) is 6.23. The number of nitrogens with zero attached hydrogens (tertiary/aromatic N) is 2. The van der Waals surface area contributed by atoms with Crippen molar-refractivity contribution >= 4 is 12.0 Å². The Morgan fingerprint density at radius 3 is 2.14 bits per heavy atom. The van der Waals surface area contributed by atoms with Crippen LogP contribution in [0.15, 0.2) is 0 Å². The third-order valence-electron chi connectivity index (χ3n) is 4.01. The number of carbonyl (C=O) groups is 2. The van der Waals surface area contributed by atoms with Crippen molar-refractivity contribution in [1.82, 2.24) is 9.80 Å². The van der Waals surface area contributed by atoms with Crippen LogP contribution >= 0.6 is 0 Å². The minimum Gasteiger partial charge on any atom is -0.444 e. The lowest BCUT2D eigenvalue weighted by Gasteiger charge is -2.38. The predicted molar refractivity (Wildman–Crippen MR) is 86.4 cm³/mol. The molecule has 0 saturated carbocycles. The average molecular weight is 313 g/mol. The maximum atomic E-state index is 12.3. The average Bonchev–Trinajstić information content (AvgIpc) is 2.43. The molecule has 6 nitrogen and oxygen atoms in total. The van der Waals surface area contributed by atoms with E-state index in [1.54, 1.807) is 16.8 Å². The lowest BCUT2D eigenvalue weighted by molar-refractivity contribution is -0.135. The fourth-order valence-electron chi connectivity index (χ4n) is 2.46. The van der Waals surface area contributed by atoms with Gasteiger partial charge in [0.15, 0.2) is 0 Å². The Balaban J connectivity index is 2.51. The normalized spacial score (nSPS) is 18.3. The molecular weight excluding hydrogens is 282 g/mol. The molecule has 22 heavy (non-hydrogen) atoms. The van der Waals surface area contributed by atoms with Crippen molar-refractivity contribution in [1.29, 1.82) is 0 Å². The molecule has 6 heteroatoms. The van der Waals surface area contributed by atoms with E-state index in [9.17, 15) is 9.59 Å². The SMILES string of the molecule is CC(C)C(N)C(=O)N(C)C1CCN(C(=O)OC(C)(C)C)CC1. The highest BCUT2D eigenvalue weighted by Crippen LogP contribution is 2.19. The minimum atomic E-state index is -0.481. The maximum Gasteiger partial charge on any atom is 0.410 e. The second-order valence-corrected chi connectivity index (χ2v) is 7.42. The first-order valence-electron chi connectivity index (χ1n) is 8.03. The van der Waals surface area contributed by atoms with Gasteiger partial charge in [-0.1, -0.05) is 13.8 Å². The molecule has 1 saturated heterocycles. The first-order valence-corrected chi connectivity index (χ1v) is 8.03. The first-order chi connectivity index (χ1) is 10.0. The van der Waals surface area contributed by atoms with Crippen molar-refractivity contribution < 1.29 is 14.3 Å². The van der Waals surface area contributed by atoms with Crippen LogP contribution in [-0.4, -0.2) is 59.6 Å². The Morgan fingerprint density at radius 2 is 1.73 bits per heavy atom. The summed E-state index contributed by atoms with van der Waals surface area (Å²) >= 11 is 0. The van der Waals surface area contributed by atoms with E-state index >= 15 is 0 Å². The van der Waals surface area contributed by atoms with E-state index in [0.29, 0.717) is 13.1 Å². The van der Waals surface area contributed by atoms with Gasteiger partial charge in [0, 0.05) is 26.2 Å². The van der Waals surface area contributed by atoms with Crippen molar-refractivity contribution in [3.05, 3.63) is 0 Å². The van der Waals surface area contributed by atoms with Crippen LogP contribution in [0.5, 0.6) is 0 Å². The molecule has 128 valence electrons. The van der Waals surface area contributed by atoms with E-state index in [1.807, 2.05) is 34.6 Å². The van der Waals surface area contributed by atoms with Crippen LogP contribution in [0.25, 0.3) is 0 Å². The Bertz CT molecular complexity index is 396. The highest BCUT2D eigenvalue weighted by atomic mass is 16.6. The van der Waals surface area contributed by atoms with Crippen LogP contribution < -0.4 is 5.73 Å². The number of piperidine rings is 1. The van der Waals surface area contributed by atoms with E-state index in [0.717, 1.165) is 12.8 Å². The number of amides is 2. The number of likely N-dealkylation sites (tertiary alicyclic amines) is 1. The van der Waals surface area contributed by atoms with Gasteiger partial charge in [-0.3, -0.25) is 4.79 Å². The minimum absolute atomic E-state index is 0.0225. The molecule has 1 atom stereocenters. The maximum absolute atomic E-state index is 12.3. The molecule has 2 amide bonds. The summed E-state index contributed by atoms with van der Waals surface area (Å²) in [5.74, 6) is 0.0996. The standard InChI is InChI=1S/C16H31N3O3/c1-11(2)13(17)14(20)18(6)12-7-9-19(10-8-12)15(21)22-16(3,4)5/h11-13H,7-10,17H2,1-6H3. The summed E-state index contributed by atoms with van der Waals surface area (Å²) in [5.41, 5.74) is 5.46. The summed E-state index contributed by atoms with van der Waals surface area (Å²) in [4.78, 5) is 27.8. The zero-order valence-electron chi connectivity index (χ0n) is 14.8. The first kappa shape index (κ1) is 18.7. The topological polar surface area (TPSA) is 75.9 Å². The number of carbonyl (C=O) groups excluding carboxylic acids is 2. The van der Waals surface area contributed by atoms with Crippen LogP contribution in [-0.2, 0) is 9.53 Å².